The maximum atomic E-state index is 5.41. The molecule has 0 aliphatic carbocycles. The molecule has 0 atom stereocenters. The number of ether oxygens (including phenoxy) is 2. The fraction of sp³-hybridized carbons (Fsp3) is 0.556. The van der Waals surface area contributed by atoms with Crippen molar-refractivity contribution < 1.29 is 9.47 Å². The molecule has 1 aromatic heterocycles. The van der Waals surface area contributed by atoms with Gasteiger partial charge in [-0.25, -0.2) is 0 Å². The van der Waals surface area contributed by atoms with Crippen molar-refractivity contribution in [2.75, 3.05) is 13.2 Å². The van der Waals surface area contributed by atoms with E-state index in [9.17, 15) is 0 Å². The third-order valence-electron chi connectivity index (χ3n) is 1.45. The maximum absolute atomic E-state index is 5.41. The molecule has 0 bridgehead atoms. The summed E-state index contributed by atoms with van der Waals surface area (Å²) >= 11 is 1.66. The average Bonchev–Trinajstić information content (AvgIpc) is 2.56. The lowest BCUT2D eigenvalue weighted by Crippen LogP contribution is -2.07. The molecule has 0 aromatic carbocycles. The highest BCUT2D eigenvalue weighted by Gasteiger charge is 2.10. The normalized spacial score (nSPS) is 10.9. The van der Waals surface area contributed by atoms with Gasteiger partial charge < -0.3 is 9.47 Å². The number of rotatable bonds is 5. The first-order chi connectivity index (χ1) is 5.88. The van der Waals surface area contributed by atoms with Crippen molar-refractivity contribution in [2.24, 2.45) is 0 Å². The van der Waals surface area contributed by atoms with Gasteiger partial charge in [0.25, 0.3) is 0 Å². The maximum Gasteiger partial charge on any atom is 0.184 e. The van der Waals surface area contributed by atoms with Crippen LogP contribution in [-0.2, 0) is 9.47 Å². The van der Waals surface area contributed by atoms with E-state index in [0.29, 0.717) is 13.2 Å². The number of hydrogen-bond acceptors (Lipinski definition) is 3. The van der Waals surface area contributed by atoms with Crippen LogP contribution in [0.2, 0.25) is 0 Å². The van der Waals surface area contributed by atoms with Crippen LogP contribution < -0.4 is 0 Å². The fourth-order valence-corrected chi connectivity index (χ4v) is 1.61. The zero-order chi connectivity index (χ0) is 8.81. The van der Waals surface area contributed by atoms with Crippen molar-refractivity contribution >= 4 is 11.3 Å². The summed E-state index contributed by atoms with van der Waals surface area (Å²) in [5.41, 5.74) is 1.11. The van der Waals surface area contributed by atoms with Gasteiger partial charge in [-0.2, -0.15) is 11.3 Å². The summed E-state index contributed by atoms with van der Waals surface area (Å²) in [6, 6.07) is 2.03. The van der Waals surface area contributed by atoms with Gasteiger partial charge in [0.1, 0.15) is 0 Å². The van der Waals surface area contributed by atoms with Crippen molar-refractivity contribution in [3.8, 4) is 0 Å². The molecule has 2 nitrogen and oxygen atoms in total. The summed E-state index contributed by atoms with van der Waals surface area (Å²) < 4.78 is 10.8. The van der Waals surface area contributed by atoms with Crippen LogP contribution in [0.25, 0.3) is 0 Å². The summed E-state index contributed by atoms with van der Waals surface area (Å²) in [6.45, 7) is 5.30. The van der Waals surface area contributed by atoms with Crippen LogP contribution in [0.1, 0.15) is 25.7 Å². The van der Waals surface area contributed by atoms with Gasteiger partial charge in [0.05, 0.1) is 0 Å². The highest BCUT2D eigenvalue weighted by atomic mass is 32.1. The molecular weight excluding hydrogens is 172 g/mol. The van der Waals surface area contributed by atoms with E-state index in [-0.39, 0.29) is 6.29 Å². The zero-order valence-electron chi connectivity index (χ0n) is 7.45. The van der Waals surface area contributed by atoms with Crippen molar-refractivity contribution in [2.45, 2.75) is 20.1 Å². The van der Waals surface area contributed by atoms with Crippen molar-refractivity contribution in [3.63, 3.8) is 0 Å². The molecule has 68 valence electrons. The van der Waals surface area contributed by atoms with Gasteiger partial charge in [0, 0.05) is 18.8 Å². The standard InChI is InChI=1S/C9H14O2S/c1-3-10-9(11-4-2)8-5-6-12-7-8/h5-7,9H,3-4H2,1-2H3. The van der Waals surface area contributed by atoms with Crippen LogP contribution in [0.4, 0.5) is 0 Å². The quantitative estimate of drug-likeness (QED) is 0.658. The van der Waals surface area contributed by atoms with Crippen LogP contribution in [0.15, 0.2) is 16.8 Å². The van der Waals surface area contributed by atoms with E-state index in [1.54, 1.807) is 11.3 Å². The Labute approximate surface area is 77.1 Å². The number of thiophene rings is 1. The molecule has 12 heavy (non-hydrogen) atoms. The van der Waals surface area contributed by atoms with Gasteiger partial charge in [-0.3, -0.25) is 0 Å². The minimum Gasteiger partial charge on any atom is -0.349 e. The van der Waals surface area contributed by atoms with Gasteiger partial charge in [-0.1, -0.05) is 0 Å². The minimum absolute atomic E-state index is 0.175. The lowest BCUT2D eigenvalue weighted by atomic mass is 10.3. The van der Waals surface area contributed by atoms with E-state index in [1.807, 2.05) is 25.3 Å². The van der Waals surface area contributed by atoms with E-state index in [2.05, 4.69) is 5.38 Å². The van der Waals surface area contributed by atoms with Gasteiger partial charge in [-0.05, 0) is 30.7 Å². The molecule has 3 heteroatoms. The second-order valence-electron chi connectivity index (χ2n) is 2.30. The molecule has 0 spiro atoms. The highest BCUT2D eigenvalue weighted by molar-refractivity contribution is 7.07. The molecule has 0 aliphatic heterocycles. The first-order valence-corrected chi connectivity index (χ1v) is 5.08. The molecule has 0 saturated carbocycles. The average molecular weight is 186 g/mol. The lowest BCUT2D eigenvalue weighted by Gasteiger charge is -2.15. The molecular formula is C9H14O2S. The minimum atomic E-state index is -0.175. The van der Waals surface area contributed by atoms with Crippen molar-refractivity contribution in [1.29, 1.82) is 0 Å². The molecule has 0 unspecified atom stereocenters. The highest BCUT2D eigenvalue weighted by Crippen LogP contribution is 2.20. The van der Waals surface area contributed by atoms with Crippen LogP contribution >= 0.6 is 11.3 Å². The lowest BCUT2D eigenvalue weighted by molar-refractivity contribution is -0.140. The second kappa shape index (κ2) is 5.30. The van der Waals surface area contributed by atoms with Gasteiger partial charge >= 0.3 is 0 Å². The van der Waals surface area contributed by atoms with Crippen LogP contribution in [0.3, 0.4) is 0 Å². The molecule has 1 heterocycles. The Kier molecular flexibility index (Phi) is 4.29. The van der Waals surface area contributed by atoms with Gasteiger partial charge in [0.2, 0.25) is 0 Å². The topological polar surface area (TPSA) is 18.5 Å². The SMILES string of the molecule is CCOC(OCC)c1ccsc1. The second-order valence-corrected chi connectivity index (χ2v) is 3.08. The van der Waals surface area contributed by atoms with E-state index in [0.717, 1.165) is 5.56 Å². The molecule has 1 aromatic rings. The van der Waals surface area contributed by atoms with E-state index in [1.165, 1.54) is 0 Å². The summed E-state index contributed by atoms with van der Waals surface area (Å²) in [4.78, 5) is 0. The van der Waals surface area contributed by atoms with Crippen molar-refractivity contribution in [3.05, 3.63) is 22.4 Å². The molecule has 0 saturated heterocycles. The van der Waals surface area contributed by atoms with E-state index >= 15 is 0 Å². The molecule has 1 rings (SSSR count). The third-order valence-corrected chi connectivity index (χ3v) is 2.15. The van der Waals surface area contributed by atoms with Crippen LogP contribution in [0, 0.1) is 0 Å². The Morgan fingerprint density at radius 2 is 2.00 bits per heavy atom. The Bertz CT molecular complexity index is 190. The Morgan fingerprint density at radius 3 is 2.42 bits per heavy atom. The molecule has 0 aliphatic rings. The Morgan fingerprint density at radius 1 is 1.33 bits per heavy atom. The smallest absolute Gasteiger partial charge is 0.184 e. The van der Waals surface area contributed by atoms with Crippen molar-refractivity contribution in [1.82, 2.24) is 0 Å². The summed E-state index contributed by atoms with van der Waals surface area (Å²) in [7, 11) is 0. The fourth-order valence-electron chi connectivity index (χ4n) is 0.952. The first kappa shape index (κ1) is 9.71. The molecule has 0 radical (unpaired) electrons. The van der Waals surface area contributed by atoms with E-state index in [4.69, 9.17) is 9.47 Å². The molecule has 0 fully saturated rings. The first-order valence-electron chi connectivity index (χ1n) is 4.13. The van der Waals surface area contributed by atoms with Gasteiger partial charge in [0.15, 0.2) is 6.29 Å². The largest absolute Gasteiger partial charge is 0.349 e. The molecule has 0 amide bonds. The van der Waals surface area contributed by atoms with Crippen LogP contribution in [0.5, 0.6) is 0 Å². The third kappa shape index (κ3) is 2.59. The van der Waals surface area contributed by atoms with E-state index < -0.39 is 0 Å². The predicted octanol–water partition coefficient (Wildman–Crippen LogP) is 2.82. The summed E-state index contributed by atoms with van der Waals surface area (Å²) in [5.74, 6) is 0. The van der Waals surface area contributed by atoms with Crippen LogP contribution in [-0.4, -0.2) is 13.2 Å². The molecule has 0 N–H and O–H groups in total. The number of hydrogen-bond donors (Lipinski definition) is 0. The predicted molar refractivity (Wildman–Crippen MR) is 50.3 cm³/mol. The Balaban J connectivity index is 2.53. The summed E-state index contributed by atoms with van der Waals surface area (Å²) in [6.07, 6.45) is -0.175. The summed E-state index contributed by atoms with van der Waals surface area (Å²) in [5, 5.41) is 4.08. The Hall–Kier alpha value is -0.380. The van der Waals surface area contributed by atoms with Gasteiger partial charge in [-0.15, -0.1) is 0 Å². The monoisotopic (exact) mass is 186 g/mol. The zero-order valence-corrected chi connectivity index (χ0v) is 8.26.